The van der Waals surface area contributed by atoms with Crippen LogP contribution in [-0.2, 0) is 0 Å². The zero-order valence-electron chi connectivity index (χ0n) is 12.9. The summed E-state index contributed by atoms with van der Waals surface area (Å²) >= 11 is 0. The molecule has 0 spiro atoms. The van der Waals surface area contributed by atoms with E-state index < -0.39 is 0 Å². The highest BCUT2D eigenvalue weighted by molar-refractivity contribution is 5.50. The van der Waals surface area contributed by atoms with Gasteiger partial charge >= 0.3 is 0 Å². The van der Waals surface area contributed by atoms with Crippen molar-refractivity contribution in [3.63, 3.8) is 0 Å². The molecule has 1 aromatic heterocycles. The quantitative estimate of drug-likeness (QED) is 0.827. The Morgan fingerprint density at radius 3 is 2.55 bits per heavy atom. The molecule has 1 heterocycles. The van der Waals surface area contributed by atoms with Crippen LogP contribution in [0.15, 0.2) is 6.07 Å². The van der Waals surface area contributed by atoms with Crippen LogP contribution in [0.1, 0.15) is 58.2 Å². The van der Waals surface area contributed by atoms with Crippen LogP contribution in [0.4, 0.5) is 11.6 Å². The standard InChI is InChI=1S/C16H26N4/c1-4-17-14-9-15(19-16(18-14)13-7-8-13)20(11(2)3)10-12-5-6-12/h9,11-13H,4-8,10H2,1-3H3,(H,17,18,19). The second kappa shape index (κ2) is 5.58. The first kappa shape index (κ1) is 13.7. The molecule has 0 amide bonds. The van der Waals surface area contributed by atoms with E-state index in [0.29, 0.717) is 12.0 Å². The van der Waals surface area contributed by atoms with Gasteiger partial charge in [-0.1, -0.05) is 0 Å². The van der Waals surface area contributed by atoms with Crippen molar-refractivity contribution in [2.24, 2.45) is 5.92 Å². The smallest absolute Gasteiger partial charge is 0.136 e. The summed E-state index contributed by atoms with van der Waals surface area (Å²) in [5.41, 5.74) is 0. The van der Waals surface area contributed by atoms with Gasteiger partial charge in [0.15, 0.2) is 0 Å². The summed E-state index contributed by atoms with van der Waals surface area (Å²) in [6, 6.07) is 2.62. The van der Waals surface area contributed by atoms with Gasteiger partial charge in [-0.2, -0.15) is 0 Å². The summed E-state index contributed by atoms with van der Waals surface area (Å²) in [6.45, 7) is 8.68. The second-order valence-electron chi connectivity index (χ2n) is 6.46. The van der Waals surface area contributed by atoms with Crippen LogP contribution >= 0.6 is 0 Å². The number of hydrogen-bond acceptors (Lipinski definition) is 4. The van der Waals surface area contributed by atoms with E-state index in [1.807, 2.05) is 0 Å². The maximum absolute atomic E-state index is 4.85. The van der Waals surface area contributed by atoms with Gasteiger partial charge in [0, 0.05) is 31.1 Å². The third kappa shape index (κ3) is 3.22. The maximum atomic E-state index is 4.85. The van der Waals surface area contributed by atoms with E-state index >= 15 is 0 Å². The van der Waals surface area contributed by atoms with Crippen LogP contribution in [-0.4, -0.2) is 29.1 Å². The lowest BCUT2D eigenvalue weighted by Gasteiger charge is -2.28. The molecule has 0 bridgehead atoms. The fraction of sp³-hybridized carbons (Fsp3) is 0.750. The number of rotatable bonds is 7. The number of nitrogens with one attached hydrogen (secondary N) is 1. The third-order valence-corrected chi connectivity index (χ3v) is 4.10. The molecule has 2 saturated carbocycles. The number of aromatic nitrogens is 2. The molecule has 2 aliphatic rings. The van der Waals surface area contributed by atoms with Gasteiger partial charge in [0.05, 0.1) is 0 Å². The van der Waals surface area contributed by atoms with Gasteiger partial charge in [-0.3, -0.25) is 0 Å². The van der Waals surface area contributed by atoms with Crippen molar-refractivity contribution in [3.05, 3.63) is 11.9 Å². The molecule has 3 rings (SSSR count). The molecule has 0 aromatic carbocycles. The minimum atomic E-state index is 0.493. The molecule has 1 N–H and O–H groups in total. The Bertz CT molecular complexity index is 464. The van der Waals surface area contributed by atoms with Crippen molar-refractivity contribution in [2.45, 2.75) is 58.4 Å². The lowest BCUT2D eigenvalue weighted by molar-refractivity contribution is 0.633. The summed E-state index contributed by atoms with van der Waals surface area (Å²) in [5.74, 6) is 4.61. The Labute approximate surface area is 122 Å². The van der Waals surface area contributed by atoms with E-state index in [1.165, 1.54) is 25.7 Å². The Morgan fingerprint density at radius 1 is 1.25 bits per heavy atom. The summed E-state index contributed by atoms with van der Waals surface area (Å²) < 4.78 is 0. The Morgan fingerprint density at radius 2 is 2.00 bits per heavy atom. The predicted octanol–water partition coefficient (Wildman–Crippen LogP) is 3.41. The summed E-state index contributed by atoms with van der Waals surface area (Å²) in [5, 5.41) is 3.36. The Balaban J connectivity index is 1.87. The zero-order chi connectivity index (χ0) is 14.1. The molecule has 0 unspecified atom stereocenters. The first-order chi connectivity index (χ1) is 9.67. The maximum Gasteiger partial charge on any atom is 0.136 e. The van der Waals surface area contributed by atoms with Gasteiger partial charge < -0.3 is 10.2 Å². The zero-order valence-corrected chi connectivity index (χ0v) is 12.9. The van der Waals surface area contributed by atoms with Crippen molar-refractivity contribution in [3.8, 4) is 0 Å². The molecule has 20 heavy (non-hydrogen) atoms. The predicted molar refractivity (Wildman–Crippen MR) is 83.4 cm³/mol. The van der Waals surface area contributed by atoms with E-state index in [0.717, 1.165) is 36.5 Å². The first-order valence-electron chi connectivity index (χ1n) is 8.07. The van der Waals surface area contributed by atoms with Gasteiger partial charge in [-0.25, -0.2) is 9.97 Å². The molecule has 4 nitrogen and oxygen atoms in total. The van der Waals surface area contributed by atoms with Gasteiger partial charge in [0.1, 0.15) is 17.5 Å². The topological polar surface area (TPSA) is 41.0 Å². The summed E-state index contributed by atoms with van der Waals surface area (Å²) in [4.78, 5) is 12.0. The van der Waals surface area contributed by atoms with E-state index in [1.54, 1.807) is 0 Å². The van der Waals surface area contributed by atoms with Gasteiger partial charge in [-0.05, 0) is 52.4 Å². The average molecular weight is 274 g/mol. The molecule has 1 aromatic rings. The number of nitrogens with zero attached hydrogens (tertiary/aromatic N) is 3. The summed E-state index contributed by atoms with van der Waals surface area (Å²) in [7, 11) is 0. The lowest BCUT2D eigenvalue weighted by atomic mass is 10.2. The molecule has 2 fully saturated rings. The van der Waals surface area contributed by atoms with Crippen LogP contribution in [0.25, 0.3) is 0 Å². The minimum Gasteiger partial charge on any atom is -0.370 e. The number of anilines is 2. The highest BCUT2D eigenvalue weighted by Crippen LogP contribution is 2.39. The molecule has 0 radical (unpaired) electrons. The van der Waals surface area contributed by atoms with Crippen LogP contribution in [0.3, 0.4) is 0 Å². The van der Waals surface area contributed by atoms with Gasteiger partial charge in [0.25, 0.3) is 0 Å². The molecule has 4 heteroatoms. The van der Waals surface area contributed by atoms with E-state index in [-0.39, 0.29) is 0 Å². The molecule has 0 saturated heterocycles. The highest BCUT2D eigenvalue weighted by atomic mass is 15.2. The van der Waals surface area contributed by atoms with Crippen molar-refractivity contribution in [1.29, 1.82) is 0 Å². The van der Waals surface area contributed by atoms with Crippen molar-refractivity contribution in [1.82, 2.24) is 9.97 Å². The monoisotopic (exact) mass is 274 g/mol. The third-order valence-electron chi connectivity index (χ3n) is 4.10. The van der Waals surface area contributed by atoms with Gasteiger partial charge in [0.2, 0.25) is 0 Å². The molecular weight excluding hydrogens is 248 g/mol. The van der Waals surface area contributed by atoms with Gasteiger partial charge in [-0.15, -0.1) is 0 Å². The molecule has 0 aliphatic heterocycles. The minimum absolute atomic E-state index is 0.493. The normalized spacial score (nSPS) is 18.4. The highest BCUT2D eigenvalue weighted by Gasteiger charge is 2.30. The van der Waals surface area contributed by atoms with E-state index in [2.05, 4.69) is 42.0 Å². The Hall–Kier alpha value is -1.32. The SMILES string of the molecule is CCNc1cc(N(CC2CC2)C(C)C)nc(C2CC2)n1. The Kier molecular flexibility index (Phi) is 3.81. The molecule has 110 valence electrons. The van der Waals surface area contributed by atoms with E-state index in [4.69, 9.17) is 4.98 Å². The fourth-order valence-electron chi connectivity index (χ4n) is 2.54. The largest absolute Gasteiger partial charge is 0.370 e. The van der Waals surface area contributed by atoms with Crippen LogP contribution < -0.4 is 10.2 Å². The van der Waals surface area contributed by atoms with Crippen LogP contribution in [0, 0.1) is 5.92 Å². The fourth-order valence-corrected chi connectivity index (χ4v) is 2.54. The van der Waals surface area contributed by atoms with Crippen LogP contribution in [0.2, 0.25) is 0 Å². The average Bonchev–Trinajstić information content (AvgIpc) is 3.28. The molecule has 2 aliphatic carbocycles. The summed E-state index contributed by atoms with van der Waals surface area (Å²) in [6.07, 6.45) is 5.26. The first-order valence-corrected chi connectivity index (χ1v) is 8.07. The number of hydrogen-bond donors (Lipinski definition) is 1. The van der Waals surface area contributed by atoms with Crippen molar-refractivity contribution < 1.29 is 0 Å². The lowest BCUT2D eigenvalue weighted by Crippen LogP contribution is -2.33. The van der Waals surface area contributed by atoms with Crippen molar-refractivity contribution >= 4 is 11.6 Å². The molecular formula is C16H26N4. The van der Waals surface area contributed by atoms with E-state index in [9.17, 15) is 0 Å². The second-order valence-corrected chi connectivity index (χ2v) is 6.46. The molecule has 0 atom stereocenters. The van der Waals surface area contributed by atoms with Crippen LogP contribution in [0.5, 0.6) is 0 Å². The van der Waals surface area contributed by atoms with Crippen molar-refractivity contribution in [2.75, 3.05) is 23.3 Å².